The van der Waals surface area contributed by atoms with Gasteiger partial charge in [-0.05, 0) is 30.3 Å². The number of hydrogen-bond acceptors (Lipinski definition) is 3. The summed E-state index contributed by atoms with van der Waals surface area (Å²) >= 11 is 11.5. The quantitative estimate of drug-likeness (QED) is 0.321. The largest absolute Gasteiger partial charge is 0.436 e. The van der Waals surface area contributed by atoms with Gasteiger partial charge in [-0.15, -0.1) is 11.6 Å². The Balaban J connectivity index is 2.09. The summed E-state index contributed by atoms with van der Waals surface area (Å²) in [7, 11) is 0. The maximum Gasteiger partial charge on any atom is 0.228 e. The third-order valence-electron chi connectivity index (χ3n) is 3.02. The molecule has 0 aliphatic carbocycles. The molecule has 1 heterocycles. The molecule has 118 valence electrons. The van der Waals surface area contributed by atoms with Crippen LogP contribution in [0.15, 0.2) is 39.7 Å². The molecule has 0 aliphatic rings. The SMILES string of the molecule is NC(CCl)=Nc1ccc2oc(-c3cc(F)c(F)cc3Cl)nc2c1. The highest BCUT2D eigenvalue weighted by atomic mass is 35.5. The smallest absolute Gasteiger partial charge is 0.228 e. The summed E-state index contributed by atoms with van der Waals surface area (Å²) < 4.78 is 32.1. The lowest BCUT2D eigenvalue weighted by molar-refractivity contribution is 0.508. The van der Waals surface area contributed by atoms with Gasteiger partial charge >= 0.3 is 0 Å². The van der Waals surface area contributed by atoms with Crippen molar-refractivity contribution in [2.24, 2.45) is 10.7 Å². The van der Waals surface area contributed by atoms with Crippen LogP contribution in [0.3, 0.4) is 0 Å². The van der Waals surface area contributed by atoms with Crippen LogP contribution >= 0.6 is 23.2 Å². The van der Waals surface area contributed by atoms with Crippen molar-refractivity contribution in [3.05, 3.63) is 47.0 Å². The van der Waals surface area contributed by atoms with Gasteiger partial charge in [-0.1, -0.05) is 11.6 Å². The molecule has 0 atom stereocenters. The van der Waals surface area contributed by atoms with Crippen LogP contribution < -0.4 is 5.73 Å². The van der Waals surface area contributed by atoms with E-state index in [4.69, 9.17) is 33.4 Å². The molecule has 0 radical (unpaired) electrons. The number of aliphatic imine (C=N–C) groups is 1. The first-order valence-electron chi connectivity index (χ1n) is 6.42. The number of halogens is 4. The van der Waals surface area contributed by atoms with Gasteiger partial charge in [0.25, 0.3) is 0 Å². The number of oxazole rings is 1. The zero-order chi connectivity index (χ0) is 16.6. The second-order valence-electron chi connectivity index (χ2n) is 4.65. The van der Waals surface area contributed by atoms with E-state index in [9.17, 15) is 8.78 Å². The molecule has 0 saturated carbocycles. The van der Waals surface area contributed by atoms with Gasteiger partial charge in [0, 0.05) is 0 Å². The zero-order valence-electron chi connectivity index (χ0n) is 11.5. The van der Waals surface area contributed by atoms with E-state index in [2.05, 4.69) is 9.98 Å². The number of nitrogens with zero attached hydrogens (tertiary/aromatic N) is 2. The highest BCUT2D eigenvalue weighted by Gasteiger charge is 2.15. The number of aromatic nitrogens is 1. The predicted octanol–water partition coefficient (Wildman–Crippen LogP) is 4.65. The molecule has 0 spiro atoms. The predicted molar refractivity (Wildman–Crippen MR) is 86.4 cm³/mol. The van der Waals surface area contributed by atoms with Crippen molar-refractivity contribution >= 4 is 45.8 Å². The Hall–Kier alpha value is -2.18. The monoisotopic (exact) mass is 355 g/mol. The number of amidine groups is 1. The van der Waals surface area contributed by atoms with Gasteiger partial charge in [0.2, 0.25) is 5.89 Å². The minimum Gasteiger partial charge on any atom is -0.436 e. The molecule has 1 aromatic heterocycles. The van der Waals surface area contributed by atoms with Crippen LogP contribution in [0.5, 0.6) is 0 Å². The Morgan fingerprint density at radius 3 is 2.70 bits per heavy atom. The van der Waals surface area contributed by atoms with E-state index in [1.165, 1.54) is 0 Å². The highest BCUT2D eigenvalue weighted by molar-refractivity contribution is 6.33. The van der Waals surface area contributed by atoms with Gasteiger partial charge in [0.05, 0.1) is 22.2 Å². The minimum absolute atomic E-state index is 0.0000786. The summed E-state index contributed by atoms with van der Waals surface area (Å²) in [6.07, 6.45) is 0. The third kappa shape index (κ3) is 3.13. The van der Waals surface area contributed by atoms with Crippen LogP contribution in [-0.4, -0.2) is 16.7 Å². The average molecular weight is 356 g/mol. The van der Waals surface area contributed by atoms with Crippen molar-refractivity contribution in [2.45, 2.75) is 0 Å². The average Bonchev–Trinajstić information content (AvgIpc) is 2.93. The molecule has 3 aromatic rings. The van der Waals surface area contributed by atoms with E-state index in [1.807, 2.05) is 0 Å². The van der Waals surface area contributed by atoms with Gasteiger partial charge in [-0.3, -0.25) is 0 Å². The molecule has 2 aromatic carbocycles. The van der Waals surface area contributed by atoms with E-state index in [0.29, 0.717) is 16.8 Å². The van der Waals surface area contributed by atoms with Crippen molar-refractivity contribution in [1.82, 2.24) is 4.98 Å². The molecule has 0 saturated heterocycles. The Bertz CT molecular complexity index is 924. The Kier molecular flexibility index (Phi) is 4.19. The fourth-order valence-corrected chi connectivity index (χ4v) is 2.27. The maximum absolute atomic E-state index is 13.4. The molecule has 0 bridgehead atoms. The number of hydrogen-bond donors (Lipinski definition) is 1. The molecule has 8 heteroatoms. The van der Waals surface area contributed by atoms with E-state index >= 15 is 0 Å². The number of nitrogens with two attached hydrogens (primary N) is 1. The fraction of sp³-hybridized carbons (Fsp3) is 0.0667. The molecule has 0 fully saturated rings. The molecule has 3 rings (SSSR count). The van der Waals surface area contributed by atoms with Crippen molar-refractivity contribution in [2.75, 3.05) is 5.88 Å². The molecule has 0 unspecified atom stereocenters. The normalized spacial score (nSPS) is 12.1. The van der Waals surface area contributed by atoms with Gasteiger partial charge in [-0.2, -0.15) is 0 Å². The second kappa shape index (κ2) is 6.14. The molecule has 2 N–H and O–H groups in total. The van der Waals surface area contributed by atoms with Crippen molar-refractivity contribution < 1.29 is 13.2 Å². The first-order chi connectivity index (χ1) is 11.0. The van der Waals surface area contributed by atoms with Gasteiger partial charge in [0.1, 0.15) is 11.4 Å². The first kappa shape index (κ1) is 15.7. The first-order valence-corrected chi connectivity index (χ1v) is 7.33. The summed E-state index contributed by atoms with van der Waals surface area (Å²) in [5.41, 5.74) is 7.21. The van der Waals surface area contributed by atoms with Gasteiger partial charge < -0.3 is 10.2 Å². The second-order valence-corrected chi connectivity index (χ2v) is 5.33. The van der Waals surface area contributed by atoms with E-state index in [-0.39, 0.29) is 28.2 Å². The molecule has 0 amide bonds. The van der Waals surface area contributed by atoms with Crippen LogP contribution in [0.4, 0.5) is 14.5 Å². The Morgan fingerprint density at radius 2 is 1.96 bits per heavy atom. The molecule has 0 aliphatic heterocycles. The highest BCUT2D eigenvalue weighted by Crippen LogP contribution is 2.32. The number of alkyl halides is 1. The van der Waals surface area contributed by atoms with Crippen molar-refractivity contribution in [3.8, 4) is 11.5 Å². The van der Waals surface area contributed by atoms with Crippen molar-refractivity contribution in [3.63, 3.8) is 0 Å². The van der Waals surface area contributed by atoms with Crippen LogP contribution in [-0.2, 0) is 0 Å². The summed E-state index contributed by atoms with van der Waals surface area (Å²) in [5, 5.41) is 0.0000786. The summed E-state index contributed by atoms with van der Waals surface area (Å²) in [6, 6.07) is 6.75. The van der Waals surface area contributed by atoms with Gasteiger partial charge in [0.15, 0.2) is 17.2 Å². The molecule has 23 heavy (non-hydrogen) atoms. The van der Waals surface area contributed by atoms with E-state index in [0.717, 1.165) is 12.1 Å². The lowest BCUT2D eigenvalue weighted by Crippen LogP contribution is -2.12. The van der Waals surface area contributed by atoms with E-state index in [1.54, 1.807) is 18.2 Å². The third-order valence-corrected chi connectivity index (χ3v) is 3.61. The molecule has 4 nitrogen and oxygen atoms in total. The topological polar surface area (TPSA) is 64.4 Å². The summed E-state index contributed by atoms with van der Waals surface area (Å²) in [5.74, 6) is -1.63. The number of rotatable bonds is 3. The summed E-state index contributed by atoms with van der Waals surface area (Å²) in [6.45, 7) is 0. The van der Waals surface area contributed by atoms with Crippen LogP contribution in [0.25, 0.3) is 22.6 Å². The fourth-order valence-electron chi connectivity index (χ4n) is 1.98. The van der Waals surface area contributed by atoms with Crippen LogP contribution in [0.1, 0.15) is 0 Å². The molecular formula is C15H9Cl2F2N3O. The Labute approximate surface area is 139 Å². The molecular weight excluding hydrogens is 347 g/mol. The van der Waals surface area contributed by atoms with Gasteiger partial charge in [-0.25, -0.2) is 18.8 Å². The zero-order valence-corrected chi connectivity index (χ0v) is 13.0. The lowest BCUT2D eigenvalue weighted by Gasteiger charge is -2.00. The minimum atomic E-state index is -1.04. The Morgan fingerprint density at radius 1 is 1.22 bits per heavy atom. The number of fused-ring (bicyclic) bond motifs is 1. The maximum atomic E-state index is 13.4. The van der Waals surface area contributed by atoms with Crippen molar-refractivity contribution in [1.29, 1.82) is 0 Å². The van der Waals surface area contributed by atoms with Crippen LogP contribution in [0, 0.1) is 11.6 Å². The van der Waals surface area contributed by atoms with E-state index < -0.39 is 11.6 Å². The number of benzene rings is 2. The van der Waals surface area contributed by atoms with Crippen LogP contribution in [0.2, 0.25) is 5.02 Å². The summed E-state index contributed by atoms with van der Waals surface area (Å²) in [4.78, 5) is 8.32. The standard InChI is InChI=1S/C15H9Cl2F2N3O/c16-6-14(20)21-7-1-2-13-12(3-7)22-15(23-13)8-4-10(18)11(19)5-9(8)17/h1-5H,6H2,(H2,20,21). The lowest BCUT2D eigenvalue weighted by atomic mass is 10.2.